The van der Waals surface area contributed by atoms with Crippen LogP contribution < -0.4 is 5.73 Å². The number of benzene rings is 1. The Morgan fingerprint density at radius 2 is 1.82 bits per heavy atom. The molecule has 0 aliphatic heterocycles. The highest BCUT2D eigenvalue weighted by molar-refractivity contribution is 9.10. The van der Waals surface area contributed by atoms with Crippen molar-refractivity contribution < 1.29 is 4.74 Å². The van der Waals surface area contributed by atoms with Gasteiger partial charge in [-0.05, 0) is 30.5 Å². The van der Waals surface area contributed by atoms with E-state index in [-0.39, 0.29) is 12.1 Å². The fraction of sp³-hybridized carbons (Fsp3) is 0.571. The second-order valence-electron chi connectivity index (χ2n) is 4.78. The number of nitrogens with two attached hydrogens (primary N) is 1. The van der Waals surface area contributed by atoms with Crippen LogP contribution in [0.3, 0.4) is 0 Å². The van der Waals surface area contributed by atoms with Crippen molar-refractivity contribution in [1.29, 1.82) is 0 Å². The summed E-state index contributed by atoms with van der Waals surface area (Å²) in [6, 6.07) is 8.49. The molecule has 1 aliphatic carbocycles. The van der Waals surface area contributed by atoms with Crippen molar-refractivity contribution >= 4 is 15.9 Å². The third-order valence-corrected chi connectivity index (χ3v) is 3.91. The van der Waals surface area contributed by atoms with Gasteiger partial charge in [0.25, 0.3) is 0 Å². The van der Waals surface area contributed by atoms with E-state index in [4.69, 9.17) is 10.5 Å². The fourth-order valence-electron chi connectivity index (χ4n) is 2.29. The minimum absolute atomic E-state index is 0.216. The van der Waals surface area contributed by atoms with E-state index in [1.807, 2.05) is 12.1 Å². The molecule has 3 heteroatoms. The van der Waals surface area contributed by atoms with Crippen LogP contribution in [0.25, 0.3) is 0 Å². The Kier molecular flexibility index (Phi) is 5.01. The van der Waals surface area contributed by atoms with Gasteiger partial charge in [0.1, 0.15) is 0 Å². The summed E-state index contributed by atoms with van der Waals surface area (Å²) >= 11 is 3.43. The first kappa shape index (κ1) is 13.1. The smallest absolute Gasteiger partial charge is 0.0730 e. The Morgan fingerprint density at radius 1 is 1.12 bits per heavy atom. The maximum atomic E-state index is 6.13. The molecule has 94 valence electrons. The first-order valence-electron chi connectivity index (χ1n) is 6.37. The van der Waals surface area contributed by atoms with Gasteiger partial charge in [-0.1, -0.05) is 47.3 Å². The molecule has 2 nitrogen and oxygen atoms in total. The Balaban J connectivity index is 1.85. The van der Waals surface area contributed by atoms with Gasteiger partial charge in [-0.25, -0.2) is 0 Å². The highest BCUT2D eigenvalue weighted by Gasteiger charge is 2.20. The van der Waals surface area contributed by atoms with Crippen LogP contribution in [0.5, 0.6) is 0 Å². The third kappa shape index (κ3) is 4.09. The standard InChI is InChI=1S/C14H20BrNO/c15-12-8-6-11(7-9-12)10-17-14-5-3-1-2-4-13(14)16/h6-9,13-14H,1-5,10,16H2. The van der Waals surface area contributed by atoms with Crippen LogP contribution in [0, 0.1) is 0 Å². The van der Waals surface area contributed by atoms with Gasteiger partial charge < -0.3 is 10.5 Å². The molecule has 1 aromatic rings. The second-order valence-corrected chi connectivity index (χ2v) is 5.69. The van der Waals surface area contributed by atoms with Crippen molar-refractivity contribution in [3.8, 4) is 0 Å². The van der Waals surface area contributed by atoms with Gasteiger partial charge in [0.15, 0.2) is 0 Å². The number of hydrogen-bond acceptors (Lipinski definition) is 2. The van der Waals surface area contributed by atoms with Crippen molar-refractivity contribution in [3.05, 3.63) is 34.3 Å². The summed E-state index contributed by atoms with van der Waals surface area (Å²) in [6.45, 7) is 0.672. The van der Waals surface area contributed by atoms with E-state index >= 15 is 0 Å². The largest absolute Gasteiger partial charge is 0.372 e. The molecule has 2 unspecified atom stereocenters. The van der Waals surface area contributed by atoms with Crippen LogP contribution in [0.2, 0.25) is 0 Å². The summed E-state index contributed by atoms with van der Waals surface area (Å²) in [5.74, 6) is 0. The van der Waals surface area contributed by atoms with Crippen LogP contribution in [-0.4, -0.2) is 12.1 Å². The van der Waals surface area contributed by atoms with Crippen molar-refractivity contribution in [3.63, 3.8) is 0 Å². The summed E-state index contributed by atoms with van der Waals surface area (Å²) in [5, 5.41) is 0. The van der Waals surface area contributed by atoms with Gasteiger partial charge in [0, 0.05) is 10.5 Å². The molecule has 2 rings (SSSR count). The highest BCUT2D eigenvalue weighted by atomic mass is 79.9. The van der Waals surface area contributed by atoms with Gasteiger partial charge >= 0.3 is 0 Å². The number of ether oxygens (including phenoxy) is 1. The molecule has 1 fully saturated rings. The lowest BCUT2D eigenvalue weighted by atomic mass is 10.1. The zero-order valence-electron chi connectivity index (χ0n) is 10.1. The van der Waals surface area contributed by atoms with Crippen LogP contribution in [0.4, 0.5) is 0 Å². The molecule has 2 N–H and O–H groups in total. The lowest BCUT2D eigenvalue weighted by molar-refractivity contribution is 0.0194. The number of hydrogen-bond donors (Lipinski definition) is 1. The topological polar surface area (TPSA) is 35.2 Å². The van der Waals surface area contributed by atoms with Gasteiger partial charge in [-0.3, -0.25) is 0 Å². The summed E-state index contributed by atoms with van der Waals surface area (Å²) in [4.78, 5) is 0. The average molecular weight is 298 g/mol. The molecule has 1 aliphatic rings. The van der Waals surface area contributed by atoms with Crippen molar-refractivity contribution in [2.45, 2.75) is 50.9 Å². The van der Waals surface area contributed by atoms with Crippen molar-refractivity contribution in [1.82, 2.24) is 0 Å². The van der Waals surface area contributed by atoms with E-state index in [1.165, 1.54) is 24.8 Å². The summed E-state index contributed by atoms with van der Waals surface area (Å²) < 4.78 is 7.06. The van der Waals surface area contributed by atoms with E-state index in [9.17, 15) is 0 Å². The maximum Gasteiger partial charge on any atom is 0.0730 e. The van der Waals surface area contributed by atoms with Gasteiger partial charge in [-0.15, -0.1) is 0 Å². The van der Waals surface area contributed by atoms with E-state index in [1.54, 1.807) is 0 Å². The molecule has 0 saturated heterocycles. The Labute approximate surface area is 112 Å². The summed E-state index contributed by atoms with van der Waals surface area (Å²) in [5.41, 5.74) is 7.35. The molecule has 0 heterocycles. The summed E-state index contributed by atoms with van der Waals surface area (Å²) in [6.07, 6.45) is 6.24. The van der Waals surface area contributed by atoms with Crippen LogP contribution in [-0.2, 0) is 11.3 Å². The lowest BCUT2D eigenvalue weighted by Crippen LogP contribution is -2.35. The highest BCUT2D eigenvalue weighted by Crippen LogP contribution is 2.20. The molecule has 0 radical (unpaired) electrons. The third-order valence-electron chi connectivity index (χ3n) is 3.38. The van der Waals surface area contributed by atoms with Crippen molar-refractivity contribution in [2.24, 2.45) is 5.73 Å². The first-order chi connectivity index (χ1) is 8.25. The molecular formula is C14H20BrNO. The van der Waals surface area contributed by atoms with E-state index in [0.717, 1.165) is 17.3 Å². The molecular weight excluding hydrogens is 278 g/mol. The van der Waals surface area contributed by atoms with Gasteiger partial charge in [-0.2, -0.15) is 0 Å². The van der Waals surface area contributed by atoms with Gasteiger partial charge in [0.05, 0.1) is 12.7 Å². The van der Waals surface area contributed by atoms with Crippen molar-refractivity contribution in [2.75, 3.05) is 0 Å². The molecule has 2 atom stereocenters. The number of halogens is 1. The predicted molar refractivity (Wildman–Crippen MR) is 73.8 cm³/mol. The number of rotatable bonds is 3. The zero-order valence-corrected chi connectivity index (χ0v) is 11.7. The quantitative estimate of drug-likeness (QED) is 0.865. The van der Waals surface area contributed by atoms with Crippen LogP contribution in [0.15, 0.2) is 28.7 Å². The minimum atomic E-state index is 0.216. The predicted octanol–water partition coefficient (Wildman–Crippen LogP) is 3.63. The Bertz CT molecular complexity index is 339. The van der Waals surface area contributed by atoms with Crippen LogP contribution in [0.1, 0.15) is 37.7 Å². The second kappa shape index (κ2) is 6.53. The average Bonchev–Trinajstić information content (AvgIpc) is 2.54. The SMILES string of the molecule is NC1CCCCCC1OCc1ccc(Br)cc1. The molecule has 17 heavy (non-hydrogen) atoms. The fourth-order valence-corrected chi connectivity index (χ4v) is 2.56. The monoisotopic (exact) mass is 297 g/mol. The van der Waals surface area contributed by atoms with E-state index < -0.39 is 0 Å². The molecule has 0 amide bonds. The molecule has 0 spiro atoms. The Hall–Kier alpha value is -0.380. The Morgan fingerprint density at radius 3 is 2.59 bits per heavy atom. The van der Waals surface area contributed by atoms with Gasteiger partial charge in [0.2, 0.25) is 0 Å². The maximum absolute atomic E-state index is 6.13. The minimum Gasteiger partial charge on any atom is -0.372 e. The van der Waals surface area contributed by atoms with E-state index in [0.29, 0.717) is 6.61 Å². The normalized spacial score (nSPS) is 25.5. The zero-order chi connectivity index (χ0) is 12.1. The molecule has 1 saturated carbocycles. The molecule has 1 aromatic carbocycles. The van der Waals surface area contributed by atoms with Crippen LogP contribution >= 0.6 is 15.9 Å². The van der Waals surface area contributed by atoms with E-state index in [2.05, 4.69) is 28.1 Å². The summed E-state index contributed by atoms with van der Waals surface area (Å²) in [7, 11) is 0. The molecule has 0 bridgehead atoms. The first-order valence-corrected chi connectivity index (χ1v) is 7.16. The molecule has 0 aromatic heterocycles. The lowest BCUT2D eigenvalue weighted by Gasteiger charge is -2.21.